The van der Waals surface area contributed by atoms with E-state index < -0.39 is 5.97 Å². The molecule has 0 saturated heterocycles. The van der Waals surface area contributed by atoms with Gasteiger partial charge in [0.1, 0.15) is 5.82 Å². The number of anilines is 1. The van der Waals surface area contributed by atoms with E-state index in [1.54, 1.807) is 36.5 Å². The first-order valence-corrected chi connectivity index (χ1v) is 6.09. The lowest BCUT2D eigenvalue weighted by Gasteiger charge is -2.06. The van der Waals surface area contributed by atoms with Gasteiger partial charge in [0, 0.05) is 11.9 Å². The van der Waals surface area contributed by atoms with Crippen LogP contribution < -0.4 is 5.32 Å². The van der Waals surface area contributed by atoms with Crippen molar-refractivity contribution in [1.82, 2.24) is 0 Å². The number of hydrogen-bond acceptors (Lipinski definition) is 2. The maximum Gasteiger partial charge on any atom is 0.335 e. The molecule has 0 unspecified atom stereocenters. The van der Waals surface area contributed by atoms with E-state index in [0.717, 1.165) is 16.8 Å². The highest BCUT2D eigenvalue weighted by Gasteiger charge is 2.04. The third-order valence-electron chi connectivity index (χ3n) is 2.86. The van der Waals surface area contributed by atoms with Crippen molar-refractivity contribution >= 4 is 17.7 Å². The second kappa shape index (κ2) is 6.02. The van der Waals surface area contributed by atoms with Crippen LogP contribution in [0.4, 0.5) is 10.1 Å². The van der Waals surface area contributed by atoms with Gasteiger partial charge in [-0.25, -0.2) is 9.18 Å². The summed E-state index contributed by atoms with van der Waals surface area (Å²) in [5, 5.41) is 12.0. The maximum absolute atomic E-state index is 12.7. The highest BCUT2D eigenvalue weighted by Crippen LogP contribution is 2.17. The van der Waals surface area contributed by atoms with E-state index >= 15 is 0 Å². The normalized spacial score (nSPS) is 10.7. The Morgan fingerprint density at radius 2 is 1.90 bits per heavy atom. The van der Waals surface area contributed by atoms with Gasteiger partial charge in [-0.3, -0.25) is 0 Å². The predicted octanol–water partition coefficient (Wildman–Crippen LogP) is 3.92. The summed E-state index contributed by atoms with van der Waals surface area (Å²) in [5.41, 5.74) is 2.80. The van der Waals surface area contributed by atoms with Gasteiger partial charge < -0.3 is 10.4 Å². The molecule has 2 N–H and O–H groups in total. The van der Waals surface area contributed by atoms with Crippen LogP contribution in [-0.4, -0.2) is 11.1 Å². The molecule has 2 aromatic carbocycles. The second-order valence-corrected chi connectivity index (χ2v) is 4.36. The summed E-state index contributed by atoms with van der Waals surface area (Å²) in [4.78, 5) is 10.8. The lowest BCUT2D eigenvalue weighted by Crippen LogP contribution is -1.98. The minimum atomic E-state index is -0.943. The van der Waals surface area contributed by atoms with Crippen molar-refractivity contribution in [1.29, 1.82) is 0 Å². The smallest absolute Gasteiger partial charge is 0.335 e. The van der Waals surface area contributed by atoms with Crippen LogP contribution >= 0.6 is 0 Å². The van der Waals surface area contributed by atoms with Crippen LogP contribution in [0.1, 0.15) is 21.5 Å². The Kier molecular flexibility index (Phi) is 4.15. The highest BCUT2D eigenvalue weighted by molar-refractivity contribution is 5.88. The minimum absolute atomic E-state index is 0.260. The zero-order chi connectivity index (χ0) is 14.5. The van der Waals surface area contributed by atoms with Crippen molar-refractivity contribution in [3.8, 4) is 0 Å². The van der Waals surface area contributed by atoms with E-state index in [1.807, 2.05) is 13.0 Å². The van der Waals surface area contributed by atoms with Crippen molar-refractivity contribution in [2.75, 3.05) is 5.32 Å². The average molecular weight is 271 g/mol. The molecule has 0 aliphatic carbocycles. The third kappa shape index (κ3) is 3.45. The number of nitrogens with one attached hydrogen (secondary N) is 1. The number of rotatable bonds is 4. The first-order valence-electron chi connectivity index (χ1n) is 6.09. The summed E-state index contributed by atoms with van der Waals surface area (Å²) in [6.07, 6.45) is 3.54. The molecule has 102 valence electrons. The molecule has 2 rings (SSSR count). The SMILES string of the molecule is Cc1cc(C(=O)O)ccc1NC=Cc1ccc(F)cc1. The standard InChI is InChI=1S/C16H14FNO2/c1-11-10-13(16(19)20)4-7-15(11)18-9-8-12-2-5-14(17)6-3-12/h2-10,18H,1H3,(H,19,20). The van der Waals surface area contributed by atoms with E-state index in [0.29, 0.717) is 0 Å². The number of carboxylic acid groups (broad SMARTS) is 1. The molecule has 0 amide bonds. The average Bonchev–Trinajstić information content (AvgIpc) is 2.42. The van der Waals surface area contributed by atoms with Crippen molar-refractivity contribution in [3.63, 3.8) is 0 Å². The summed E-state index contributed by atoms with van der Waals surface area (Å²) in [7, 11) is 0. The van der Waals surface area contributed by atoms with E-state index in [-0.39, 0.29) is 11.4 Å². The van der Waals surface area contributed by atoms with Gasteiger partial charge >= 0.3 is 5.97 Å². The number of benzene rings is 2. The quantitative estimate of drug-likeness (QED) is 0.886. The van der Waals surface area contributed by atoms with Crippen LogP contribution in [0, 0.1) is 12.7 Å². The van der Waals surface area contributed by atoms with Crippen LogP contribution in [0.25, 0.3) is 6.08 Å². The summed E-state index contributed by atoms with van der Waals surface area (Å²) in [6, 6.07) is 11.0. The van der Waals surface area contributed by atoms with E-state index in [9.17, 15) is 9.18 Å². The van der Waals surface area contributed by atoms with Crippen molar-refractivity contribution < 1.29 is 14.3 Å². The molecule has 0 aliphatic heterocycles. The molecule has 0 radical (unpaired) electrons. The molecule has 0 heterocycles. The van der Waals surface area contributed by atoms with Crippen molar-refractivity contribution in [2.24, 2.45) is 0 Å². The van der Waals surface area contributed by atoms with Gasteiger partial charge in [0.15, 0.2) is 0 Å². The Labute approximate surface area is 116 Å². The molecule has 20 heavy (non-hydrogen) atoms. The Morgan fingerprint density at radius 3 is 2.50 bits per heavy atom. The number of carboxylic acids is 1. The molecule has 0 atom stereocenters. The van der Waals surface area contributed by atoms with Crippen LogP contribution in [-0.2, 0) is 0 Å². The first-order chi connectivity index (χ1) is 9.56. The van der Waals surface area contributed by atoms with E-state index in [4.69, 9.17) is 5.11 Å². The van der Waals surface area contributed by atoms with Crippen molar-refractivity contribution in [3.05, 3.63) is 71.2 Å². The minimum Gasteiger partial charge on any atom is -0.478 e. The summed E-state index contributed by atoms with van der Waals surface area (Å²) >= 11 is 0. The number of carbonyl (C=O) groups is 1. The van der Waals surface area contributed by atoms with Gasteiger partial charge in [0.05, 0.1) is 5.56 Å². The van der Waals surface area contributed by atoms with E-state index in [1.165, 1.54) is 12.1 Å². The second-order valence-electron chi connectivity index (χ2n) is 4.36. The van der Waals surface area contributed by atoms with Crippen LogP contribution in [0.2, 0.25) is 0 Å². The molecule has 4 heteroatoms. The molecule has 0 spiro atoms. The first kappa shape index (κ1) is 13.8. The monoisotopic (exact) mass is 271 g/mol. The number of hydrogen-bond donors (Lipinski definition) is 2. The molecular formula is C16H14FNO2. The van der Waals surface area contributed by atoms with Gasteiger partial charge in [0.2, 0.25) is 0 Å². The Bertz CT molecular complexity index is 648. The van der Waals surface area contributed by atoms with Gasteiger partial charge in [-0.15, -0.1) is 0 Å². The predicted molar refractivity (Wildman–Crippen MR) is 77.2 cm³/mol. The lowest BCUT2D eigenvalue weighted by molar-refractivity contribution is 0.0697. The number of halogens is 1. The molecule has 0 aromatic heterocycles. The molecule has 2 aromatic rings. The molecular weight excluding hydrogens is 257 g/mol. The number of aromatic carboxylic acids is 1. The number of aryl methyl sites for hydroxylation is 1. The highest BCUT2D eigenvalue weighted by atomic mass is 19.1. The van der Waals surface area contributed by atoms with Crippen LogP contribution in [0.5, 0.6) is 0 Å². The zero-order valence-corrected chi connectivity index (χ0v) is 10.9. The Balaban J connectivity index is 2.07. The molecule has 0 bridgehead atoms. The molecule has 0 saturated carbocycles. The fraction of sp³-hybridized carbons (Fsp3) is 0.0625. The van der Waals surface area contributed by atoms with Crippen molar-refractivity contribution in [2.45, 2.75) is 6.92 Å². The molecule has 0 aliphatic rings. The Hall–Kier alpha value is -2.62. The fourth-order valence-electron chi connectivity index (χ4n) is 1.76. The molecule has 3 nitrogen and oxygen atoms in total. The van der Waals surface area contributed by atoms with E-state index in [2.05, 4.69) is 5.32 Å². The van der Waals surface area contributed by atoms with Crippen LogP contribution in [0.3, 0.4) is 0 Å². The van der Waals surface area contributed by atoms with Gasteiger partial charge in [-0.1, -0.05) is 12.1 Å². The summed E-state index contributed by atoms with van der Waals surface area (Å²) in [6.45, 7) is 1.83. The zero-order valence-electron chi connectivity index (χ0n) is 10.9. The molecule has 0 fully saturated rings. The topological polar surface area (TPSA) is 49.3 Å². The fourth-order valence-corrected chi connectivity index (χ4v) is 1.76. The maximum atomic E-state index is 12.7. The van der Waals surface area contributed by atoms with Gasteiger partial charge in [-0.2, -0.15) is 0 Å². The van der Waals surface area contributed by atoms with Gasteiger partial charge in [-0.05, 0) is 54.5 Å². The van der Waals surface area contributed by atoms with Crippen LogP contribution in [0.15, 0.2) is 48.7 Å². The lowest BCUT2D eigenvalue weighted by atomic mass is 10.1. The summed E-state index contributed by atoms with van der Waals surface area (Å²) < 4.78 is 12.7. The largest absolute Gasteiger partial charge is 0.478 e. The van der Waals surface area contributed by atoms with Gasteiger partial charge in [0.25, 0.3) is 0 Å². The third-order valence-corrected chi connectivity index (χ3v) is 2.86. The Morgan fingerprint density at radius 1 is 1.20 bits per heavy atom. The summed E-state index contributed by atoms with van der Waals surface area (Å²) in [5.74, 6) is -1.21.